The lowest BCUT2D eigenvalue weighted by molar-refractivity contribution is -0.119. The Morgan fingerprint density at radius 2 is 2.29 bits per heavy atom. The average molecular weight is 212 g/mol. The molecule has 1 aromatic carbocycles. The number of hydrogen-bond acceptors (Lipinski definition) is 2. The van der Waals surface area contributed by atoms with Crippen molar-refractivity contribution in [1.29, 1.82) is 0 Å². The second-order valence-corrected chi connectivity index (χ2v) is 3.78. The number of carbonyl (C=O) groups excluding carboxylic acids is 1. The summed E-state index contributed by atoms with van der Waals surface area (Å²) in [6, 6.07) is 4.99. The van der Waals surface area contributed by atoms with Gasteiger partial charge in [-0.3, -0.25) is 4.79 Å². The van der Waals surface area contributed by atoms with E-state index in [9.17, 15) is 9.90 Å². The third kappa shape index (κ3) is 1.55. The molecule has 4 heteroatoms. The smallest absolute Gasteiger partial charge is 0.220 e. The molecule has 14 heavy (non-hydrogen) atoms. The van der Waals surface area contributed by atoms with Crippen LogP contribution >= 0.6 is 11.6 Å². The molecule has 2 rings (SSSR count). The molecule has 0 saturated carbocycles. The summed E-state index contributed by atoms with van der Waals surface area (Å²) in [5.41, 5.74) is 0.674. The maximum absolute atomic E-state index is 11.0. The van der Waals surface area contributed by atoms with Gasteiger partial charge in [-0.05, 0) is 12.1 Å². The van der Waals surface area contributed by atoms with Crippen LogP contribution in [0.2, 0.25) is 5.02 Å². The average Bonchev–Trinajstić information content (AvgIpc) is 2.51. The predicted octanol–water partition coefficient (Wildman–Crippen LogP) is 1.65. The van der Waals surface area contributed by atoms with E-state index < -0.39 is 0 Å². The molecule has 1 heterocycles. The van der Waals surface area contributed by atoms with Crippen LogP contribution in [0.5, 0.6) is 5.75 Å². The van der Waals surface area contributed by atoms with Crippen LogP contribution in [0.1, 0.15) is 17.9 Å². The molecule has 1 aliphatic rings. The summed E-state index contributed by atoms with van der Waals surface area (Å²) in [7, 11) is 0. The van der Waals surface area contributed by atoms with Gasteiger partial charge >= 0.3 is 0 Å². The van der Waals surface area contributed by atoms with Crippen molar-refractivity contribution >= 4 is 17.5 Å². The summed E-state index contributed by atoms with van der Waals surface area (Å²) in [5, 5.41) is 12.8. The molecule has 0 aliphatic carbocycles. The van der Waals surface area contributed by atoms with E-state index in [1.165, 1.54) is 0 Å². The van der Waals surface area contributed by atoms with Gasteiger partial charge < -0.3 is 10.4 Å². The maximum atomic E-state index is 11.0. The van der Waals surface area contributed by atoms with Crippen molar-refractivity contribution in [3.8, 4) is 5.75 Å². The van der Waals surface area contributed by atoms with Gasteiger partial charge in [0, 0.05) is 29.5 Å². The molecular weight excluding hydrogens is 202 g/mol. The van der Waals surface area contributed by atoms with E-state index in [-0.39, 0.29) is 17.6 Å². The zero-order valence-electron chi connectivity index (χ0n) is 7.46. The van der Waals surface area contributed by atoms with Crippen molar-refractivity contribution in [3.05, 3.63) is 28.8 Å². The number of phenolic OH excluding ortho intramolecular Hbond substituents is 1. The van der Waals surface area contributed by atoms with Crippen molar-refractivity contribution in [1.82, 2.24) is 5.32 Å². The second kappa shape index (κ2) is 3.50. The minimum atomic E-state index is -0.00352. The molecule has 1 aromatic rings. The number of nitrogens with one attached hydrogen (secondary N) is 1. The second-order valence-electron chi connectivity index (χ2n) is 3.38. The Kier molecular flexibility index (Phi) is 2.33. The molecule has 1 fully saturated rings. The molecule has 0 bridgehead atoms. The first-order valence-corrected chi connectivity index (χ1v) is 4.80. The number of carbonyl (C=O) groups is 1. The van der Waals surface area contributed by atoms with Crippen molar-refractivity contribution in [2.75, 3.05) is 6.54 Å². The molecule has 0 aromatic heterocycles. The fourth-order valence-corrected chi connectivity index (χ4v) is 2.06. The third-order valence-corrected chi connectivity index (χ3v) is 2.75. The first-order valence-electron chi connectivity index (χ1n) is 4.42. The van der Waals surface area contributed by atoms with E-state index >= 15 is 0 Å². The largest absolute Gasteiger partial charge is 0.508 e. The number of rotatable bonds is 1. The standard InChI is InChI=1S/C10H10ClNO2/c11-7-2-1-3-8(13)10(7)6-4-9(14)12-5-6/h1-3,6,13H,4-5H2,(H,12,14). The van der Waals surface area contributed by atoms with Crippen LogP contribution in [-0.4, -0.2) is 17.6 Å². The summed E-state index contributed by atoms with van der Waals surface area (Å²) >= 11 is 5.96. The van der Waals surface area contributed by atoms with Crippen molar-refractivity contribution in [2.24, 2.45) is 0 Å². The topological polar surface area (TPSA) is 49.3 Å². The summed E-state index contributed by atoms with van der Waals surface area (Å²) in [6.45, 7) is 0.552. The lowest BCUT2D eigenvalue weighted by Gasteiger charge is -2.11. The van der Waals surface area contributed by atoms with Gasteiger partial charge in [0.1, 0.15) is 5.75 Å². The maximum Gasteiger partial charge on any atom is 0.220 e. The van der Waals surface area contributed by atoms with Crippen LogP contribution in [0, 0.1) is 0 Å². The highest BCUT2D eigenvalue weighted by Gasteiger charge is 2.26. The highest BCUT2D eigenvalue weighted by molar-refractivity contribution is 6.31. The lowest BCUT2D eigenvalue weighted by Crippen LogP contribution is -2.13. The van der Waals surface area contributed by atoms with Gasteiger partial charge in [0.2, 0.25) is 5.91 Å². The third-order valence-electron chi connectivity index (χ3n) is 2.42. The zero-order chi connectivity index (χ0) is 10.1. The van der Waals surface area contributed by atoms with E-state index in [2.05, 4.69) is 5.32 Å². The Balaban J connectivity index is 2.36. The molecule has 1 unspecified atom stereocenters. The van der Waals surface area contributed by atoms with Crippen LogP contribution in [0.4, 0.5) is 0 Å². The van der Waals surface area contributed by atoms with Gasteiger partial charge in [-0.1, -0.05) is 17.7 Å². The van der Waals surface area contributed by atoms with E-state index in [0.717, 1.165) is 0 Å². The SMILES string of the molecule is O=C1CC(c2c(O)cccc2Cl)CN1. The van der Waals surface area contributed by atoms with Crippen LogP contribution < -0.4 is 5.32 Å². The Morgan fingerprint density at radius 1 is 1.50 bits per heavy atom. The quantitative estimate of drug-likeness (QED) is 0.742. The summed E-state index contributed by atoms with van der Waals surface area (Å²) < 4.78 is 0. The number of amides is 1. The summed E-state index contributed by atoms with van der Waals surface area (Å²) in [5.74, 6) is 0.171. The number of hydrogen-bond donors (Lipinski definition) is 2. The van der Waals surface area contributed by atoms with Crippen LogP contribution in [0.3, 0.4) is 0 Å². The number of aromatic hydroxyl groups is 1. The number of benzene rings is 1. The first kappa shape index (κ1) is 9.34. The van der Waals surface area contributed by atoms with Gasteiger partial charge in [0.15, 0.2) is 0 Å². The van der Waals surface area contributed by atoms with Crippen LogP contribution in [0.25, 0.3) is 0 Å². The molecule has 2 N–H and O–H groups in total. The van der Waals surface area contributed by atoms with E-state index in [4.69, 9.17) is 11.6 Å². The monoisotopic (exact) mass is 211 g/mol. The summed E-state index contributed by atoms with van der Waals surface area (Å²) in [4.78, 5) is 11.0. The molecule has 0 radical (unpaired) electrons. The van der Waals surface area contributed by atoms with Gasteiger partial charge in [-0.2, -0.15) is 0 Å². The highest BCUT2D eigenvalue weighted by Crippen LogP contribution is 2.35. The van der Waals surface area contributed by atoms with E-state index in [0.29, 0.717) is 23.6 Å². The number of halogens is 1. The van der Waals surface area contributed by atoms with Crippen LogP contribution in [0.15, 0.2) is 18.2 Å². The van der Waals surface area contributed by atoms with Gasteiger partial charge in [0.05, 0.1) is 0 Å². The zero-order valence-corrected chi connectivity index (χ0v) is 8.21. The molecule has 74 valence electrons. The molecule has 1 amide bonds. The van der Waals surface area contributed by atoms with Crippen molar-refractivity contribution in [3.63, 3.8) is 0 Å². The Morgan fingerprint density at radius 3 is 2.86 bits per heavy atom. The highest BCUT2D eigenvalue weighted by atomic mass is 35.5. The molecule has 3 nitrogen and oxygen atoms in total. The Hall–Kier alpha value is -1.22. The van der Waals surface area contributed by atoms with Crippen molar-refractivity contribution < 1.29 is 9.90 Å². The molecule has 1 atom stereocenters. The molecule has 1 saturated heterocycles. The van der Waals surface area contributed by atoms with Gasteiger partial charge in [-0.25, -0.2) is 0 Å². The fraction of sp³-hybridized carbons (Fsp3) is 0.300. The molecule has 1 aliphatic heterocycles. The van der Waals surface area contributed by atoms with E-state index in [1.54, 1.807) is 18.2 Å². The number of phenols is 1. The Labute approximate surface area is 86.7 Å². The Bertz CT molecular complexity index is 358. The molecular formula is C10H10ClNO2. The minimum Gasteiger partial charge on any atom is -0.508 e. The van der Waals surface area contributed by atoms with Crippen molar-refractivity contribution in [2.45, 2.75) is 12.3 Å². The first-order chi connectivity index (χ1) is 6.68. The van der Waals surface area contributed by atoms with E-state index in [1.807, 2.05) is 0 Å². The lowest BCUT2D eigenvalue weighted by atomic mass is 9.97. The normalized spacial score (nSPS) is 20.9. The molecule has 0 spiro atoms. The fourth-order valence-electron chi connectivity index (χ4n) is 1.74. The van der Waals surface area contributed by atoms with Gasteiger partial charge in [-0.15, -0.1) is 0 Å². The van der Waals surface area contributed by atoms with Gasteiger partial charge in [0.25, 0.3) is 0 Å². The minimum absolute atomic E-state index is 0.00352. The predicted molar refractivity (Wildman–Crippen MR) is 53.5 cm³/mol. The summed E-state index contributed by atoms with van der Waals surface area (Å²) in [6.07, 6.45) is 0.400. The van der Waals surface area contributed by atoms with Crippen LogP contribution in [-0.2, 0) is 4.79 Å².